The minimum atomic E-state index is 0.167. The molecular weight excluding hydrogens is 318 g/mol. The number of methoxy groups -OCH3 is 1. The van der Waals surface area contributed by atoms with Crippen LogP contribution in [0.4, 0.5) is 0 Å². The first kappa shape index (κ1) is 14.9. The van der Waals surface area contributed by atoms with Crippen molar-refractivity contribution < 1.29 is 9.84 Å². The van der Waals surface area contributed by atoms with Gasteiger partial charge in [0.15, 0.2) is 11.5 Å². The van der Waals surface area contributed by atoms with E-state index < -0.39 is 0 Å². The molecule has 1 atom stereocenters. The molecule has 0 fully saturated rings. The van der Waals surface area contributed by atoms with Crippen LogP contribution in [0.3, 0.4) is 0 Å². The van der Waals surface area contributed by atoms with E-state index in [2.05, 4.69) is 34.2 Å². The van der Waals surface area contributed by atoms with Gasteiger partial charge in [0.1, 0.15) is 0 Å². The van der Waals surface area contributed by atoms with Crippen molar-refractivity contribution in [2.75, 3.05) is 7.11 Å². The van der Waals surface area contributed by atoms with E-state index in [4.69, 9.17) is 4.74 Å². The van der Waals surface area contributed by atoms with Crippen LogP contribution in [0, 0.1) is 0 Å². The Morgan fingerprint density at radius 3 is 2.65 bits per heavy atom. The summed E-state index contributed by atoms with van der Waals surface area (Å²) in [6.07, 6.45) is 0. The molecule has 0 aliphatic carbocycles. The molecule has 0 saturated heterocycles. The normalized spacial score (nSPS) is 12.2. The Kier molecular flexibility index (Phi) is 5.04. The highest BCUT2D eigenvalue weighted by Gasteiger charge is 2.09. The molecule has 2 N–H and O–H groups in total. The zero-order valence-electron chi connectivity index (χ0n) is 11.6. The van der Waals surface area contributed by atoms with Crippen molar-refractivity contribution in [3.63, 3.8) is 0 Å². The molecule has 4 heteroatoms. The van der Waals surface area contributed by atoms with Crippen molar-refractivity contribution in [1.82, 2.24) is 5.32 Å². The molecule has 0 amide bonds. The van der Waals surface area contributed by atoms with Gasteiger partial charge >= 0.3 is 0 Å². The van der Waals surface area contributed by atoms with Crippen LogP contribution in [0.15, 0.2) is 46.9 Å². The highest BCUT2D eigenvalue weighted by atomic mass is 79.9. The maximum absolute atomic E-state index is 9.76. The minimum absolute atomic E-state index is 0.167. The average Bonchev–Trinajstić information content (AvgIpc) is 2.45. The number of halogens is 1. The van der Waals surface area contributed by atoms with Gasteiger partial charge in [0, 0.05) is 17.1 Å². The third-order valence-electron chi connectivity index (χ3n) is 3.23. The molecule has 0 heterocycles. The van der Waals surface area contributed by atoms with Crippen molar-refractivity contribution in [1.29, 1.82) is 0 Å². The number of phenolic OH excluding ortho intramolecular Hbond substituents is 1. The molecule has 0 aliphatic heterocycles. The van der Waals surface area contributed by atoms with Crippen LogP contribution in [0.5, 0.6) is 11.5 Å². The second-order valence-electron chi connectivity index (χ2n) is 4.63. The maximum Gasteiger partial charge on any atom is 0.160 e. The first-order valence-electron chi connectivity index (χ1n) is 6.45. The highest BCUT2D eigenvalue weighted by Crippen LogP contribution is 2.27. The molecule has 0 spiro atoms. The topological polar surface area (TPSA) is 41.5 Å². The van der Waals surface area contributed by atoms with E-state index in [0.717, 1.165) is 10.0 Å². The predicted molar refractivity (Wildman–Crippen MR) is 84.1 cm³/mol. The van der Waals surface area contributed by atoms with E-state index in [0.29, 0.717) is 12.3 Å². The number of rotatable bonds is 5. The summed E-state index contributed by atoms with van der Waals surface area (Å²) in [6.45, 7) is 2.80. The summed E-state index contributed by atoms with van der Waals surface area (Å²) in [5.74, 6) is 0.660. The third-order valence-corrected chi connectivity index (χ3v) is 3.95. The number of hydrogen-bond acceptors (Lipinski definition) is 3. The van der Waals surface area contributed by atoms with Crippen LogP contribution < -0.4 is 10.1 Å². The Morgan fingerprint density at radius 1 is 1.25 bits per heavy atom. The lowest BCUT2D eigenvalue weighted by Gasteiger charge is -2.16. The van der Waals surface area contributed by atoms with Crippen molar-refractivity contribution in [2.24, 2.45) is 0 Å². The van der Waals surface area contributed by atoms with E-state index in [9.17, 15) is 5.11 Å². The first-order valence-corrected chi connectivity index (χ1v) is 7.25. The van der Waals surface area contributed by atoms with Gasteiger partial charge in [-0.3, -0.25) is 0 Å². The van der Waals surface area contributed by atoms with Gasteiger partial charge in [-0.25, -0.2) is 0 Å². The molecule has 106 valence electrons. The molecule has 0 aliphatic rings. The van der Waals surface area contributed by atoms with Gasteiger partial charge in [0.25, 0.3) is 0 Å². The number of hydrogen-bond donors (Lipinski definition) is 2. The predicted octanol–water partition coefficient (Wildman–Crippen LogP) is 4.01. The molecule has 0 bridgehead atoms. The molecule has 0 aromatic heterocycles. The van der Waals surface area contributed by atoms with Crippen molar-refractivity contribution in [3.05, 3.63) is 58.1 Å². The number of aromatic hydroxyl groups is 1. The fraction of sp³-hybridized carbons (Fsp3) is 0.250. The minimum Gasteiger partial charge on any atom is -0.504 e. The zero-order chi connectivity index (χ0) is 14.5. The van der Waals surface area contributed by atoms with E-state index in [1.807, 2.05) is 24.3 Å². The van der Waals surface area contributed by atoms with Gasteiger partial charge in [-0.05, 0) is 36.2 Å². The highest BCUT2D eigenvalue weighted by molar-refractivity contribution is 9.10. The summed E-state index contributed by atoms with van der Waals surface area (Å²) in [5.41, 5.74) is 2.23. The largest absolute Gasteiger partial charge is 0.504 e. The Bertz CT molecular complexity index is 586. The van der Waals surface area contributed by atoms with Crippen LogP contribution in [-0.4, -0.2) is 12.2 Å². The Hall–Kier alpha value is -1.52. The van der Waals surface area contributed by atoms with Crippen LogP contribution in [0.1, 0.15) is 24.1 Å². The van der Waals surface area contributed by atoms with Crippen molar-refractivity contribution >= 4 is 15.9 Å². The Balaban J connectivity index is 2.02. The standard InChI is InChI=1S/C16H18BrNO2/c1-11(13-5-3-4-6-14(13)17)18-10-12-7-8-16(20-2)15(19)9-12/h3-9,11,18-19H,10H2,1-2H3/t11-/m0/s1. The first-order chi connectivity index (χ1) is 9.61. The number of nitrogens with one attached hydrogen (secondary N) is 1. The Labute approximate surface area is 127 Å². The molecule has 2 aromatic carbocycles. The zero-order valence-corrected chi connectivity index (χ0v) is 13.1. The fourth-order valence-corrected chi connectivity index (χ4v) is 2.68. The van der Waals surface area contributed by atoms with Crippen molar-refractivity contribution in [3.8, 4) is 11.5 Å². The van der Waals surface area contributed by atoms with Gasteiger partial charge in [0.2, 0.25) is 0 Å². The quantitative estimate of drug-likeness (QED) is 0.867. The summed E-state index contributed by atoms with van der Waals surface area (Å²) < 4.78 is 6.13. The number of ether oxygens (including phenoxy) is 1. The average molecular weight is 336 g/mol. The van der Waals surface area contributed by atoms with Gasteiger partial charge in [-0.15, -0.1) is 0 Å². The lowest BCUT2D eigenvalue weighted by atomic mass is 10.1. The monoisotopic (exact) mass is 335 g/mol. The fourth-order valence-electron chi connectivity index (χ4n) is 2.05. The molecule has 0 unspecified atom stereocenters. The molecule has 20 heavy (non-hydrogen) atoms. The number of benzene rings is 2. The van der Waals surface area contributed by atoms with Crippen LogP contribution in [0.2, 0.25) is 0 Å². The maximum atomic E-state index is 9.76. The van der Waals surface area contributed by atoms with Crippen LogP contribution in [-0.2, 0) is 6.54 Å². The van der Waals surface area contributed by atoms with Crippen LogP contribution >= 0.6 is 15.9 Å². The van der Waals surface area contributed by atoms with E-state index >= 15 is 0 Å². The van der Waals surface area contributed by atoms with Crippen LogP contribution in [0.25, 0.3) is 0 Å². The SMILES string of the molecule is COc1ccc(CN[C@@H](C)c2ccccc2Br)cc1O. The second-order valence-corrected chi connectivity index (χ2v) is 5.48. The van der Waals surface area contributed by atoms with Gasteiger partial charge in [-0.2, -0.15) is 0 Å². The third kappa shape index (κ3) is 3.52. The van der Waals surface area contributed by atoms with E-state index in [1.54, 1.807) is 19.2 Å². The van der Waals surface area contributed by atoms with Crippen molar-refractivity contribution in [2.45, 2.75) is 19.5 Å². The van der Waals surface area contributed by atoms with E-state index in [-0.39, 0.29) is 11.8 Å². The second kappa shape index (κ2) is 6.77. The van der Waals surface area contributed by atoms with Gasteiger partial charge in [-0.1, -0.05) is 40.2 Å². The molecule has 2 aromatic rings. The molecule has 0 radical (unpaired) electrons. The smallest absolute Gasteiger partial charge is 0.160 e. The number of phenols is 1. The summed E-state index contributed by atoms with van der Waals surface area (Å²) in [5, 5.41) is 13.2. The molecular formula is C16H18BrNO2. The summed E-state index contributed by atoms with van der Waals surface area (Å²) in [6, 6.07) is 13.8. The lowest BCUT2D eigenvalue weighted by molar-refractivity contribution is 0.373. The van der Waals surface area contributed by atoms with Gasteiger partial charge in [0.05, 0.1) is 7.11 Å². The molecule has 3 nitrogen and oxygen atoms in total. The summed E-state index contributed by atoms with van der Waals surface area (Å²) >= 11 is 3.56. The van der Waals surface area contributed by atoms with E-state index in [1.165, 1.54) is 5.56 Å². The molecule has 0 saturated carbocycles. The summed E-state index contributed by atoms with van der Waals surface area (Å²) in [4.78, 5) is 0. The Morgan fingerprint density at radius 2 is 2.00 bits per heavy atom. The summed E-state index contributed by atoms with van der Waals surface area (Å²) in [7, 11) is 1.54. The van der Waals surface area contributed by atoms with Gasteiger partial charge < -0.3 is 15.2 Å². The lowest BCUT2D eigenvalue weighted by Crippen LogP contribution is -2.18. The molecule has 2 rings (SSSR count).